The Kier molecular flexibility index (Phi) is 3.03. The molecule has 1 aliphatic carbocycles. The Morgan fingerprint density at radius 3 is 3.00 bits per heavy atom. The summed E-state index contributed by atoms with van der Waals surface area (Å²) in [6, 6.07) is 6.78. The highest BCUT2D eigenvalue weighted by Gasteiger charge is 2.37. The molecule has 2 heterocycles. The van der Waals surface area contributed by atoms with E-state index < -0.39 is 0 Å². The standard InChI is InChI=1S/C17H22N2O/c20-17(14-7-6-12-3-1-4-13(12)9-14)19-8-2-5-15-10-18-11-16(15)19/h6-7,9,15-16,18H,1-5,8,10-11H2. The monoisotopic (exact) mass is 270 g/mol. The third-order valence-electron chi connectivity index (χ3n) is 5.28. The highest BCUT2D eigenvalue weighted by atomic mass is 16.2. The number of benzene rings is 1. The lowest BCUT2D eigenvalue weighted by atomic mass is 9.91. The van der Waals surface area contributed by atoms with Crippen molar-refractivity contribution in [2.24, 2.45) is 5.92 Å². The van der Waals surface area contributed by atoms with Crippen LogP contribution >= 0.6 is 0 Å². The van der Waals surface area contributed by atoms with Gasteiger partial charge in [-0.2, -0.15) is 0 Å². The molecular formula is C17H22N2O. The van der Waals surface area contributed by atoms with Gasteiger partial charge >= 0.3 is 0 Å². The van der Waals surface area contributed by atoms with Crippen LogP contribution < -0.4 is 5.32 Å². The van der Waals surface area contributed by atoms with E-state index in [-0.39, 0.29) is 5.91 Å². The Balaban J connectivity index is 1.60. The van der Waals surface area contributed by atoms with Crippen LogP contribution in [0.1, 0.15) is 40.7 Å². The summed E-state index contributed by atoms with van der Waals surface area (Å²) in [5.74, 6) is 0.917. The van der Waals surface area contributed by atoms with Crippen LogP contribution in [0.15, 0.2) is 18.2 Å². The van der Waals surface area contributed by atoms with E-state index in [9.17, 15) is 4.79 Å². The minimum atomic E-state index is 0.248. The van der Waals surface area contributed by atoms with E-state index in [0.717, 1.165) is 38.0 Å². The minimum absolute atomic E-state index is 0.248. The third-order valence-corrected chi connectivity index (χ3v) is 5.28. The van der Waals surface area contributed by atoms with Crippen molar-refractivity contribution in [3.05, 3.63) is 34.9 Å². The van der Waals surface area contributed by atoms with Crippen molar-refractivity contribution in [2.45, 2.75) is 38.1 Å². The summed E-state index contributed by atoms with van der Waals surface area (Å²) in [5, 5.41) is 3.45. The van der Waals surface area contributed by atoms with E-state index in [2.05, 4.69) is 22.3 Å². The van der Waals surface area contributed by atoms with Gasteiger partial charge in [0.05, 0.1) is 0 Å². The van der Waals surface area contributed by atoms with Crippen molar-refractivity contribution in [1.82, 2.24) is 10.2 Å². The third kappa shape index (κ3) is 1.96. The number of likely N-dealkylation sites (tertiary alicyclic amines) is 1. The van der Waals surface area contributed by atoms with E-state index in [4.69, 9.17) is 0 Å². The Morgan fingerprint density at radius 2 is 2.05 bits per heavy atom. The number of nitrogens with zero attached hydrogens (tertiary/aromatic N) is 1. The van der Waals surface area contributed by atoms with Gasteiger partial charge in [-0.15, -0.1) is 0 Å². The molecule has 1 amide bonds. The zero-order valence-corrected chi connectivity index (χ0v) is 11.9. The second-order valence-electron chi connectivity index (χ2n) is 6.46. The Labute approximate surface area is 120 Å². The number of hydrogen-bond acceptors (Lipinski definition) is 2. The van der Waals surface area contributed by atoms with Gasteiger partial charge in [0, 0.05) is 31.2 Å². The highest BCUT2D eigenvalue weighted by molar-refractivity contribution is 5.95. The van der Waals surface area contributed by atoms with Crippen LogP contribution in [0.3, 0.4) is 0 Å². The van der Waals surface area contributed by atoms with Crippen LogP contribution in [-0.4, -0.2) is 36.5 Å². The molecule has 2 fully saturated rings. The van der Waals surface area contributed by atoms with Gasteiger partial charge in [0.25, 0.3) is 5.91 Å². The Morgan fingerprint density at radius 1 is 1.15 bits per heavy atom. The van der Waals surface area contributed by atoms with Gasteiger partial charge in [0.2, 0.25) is 0 Å². The molecule has 2 aliphatic heterocycles. The zero-order chi connectivity index (χ0) is 13.5. The van der Waals surface area contributed by atoms with Crippen LogP contribution in [0, 0.1) is 5.92 Å². The number of aryl methyl sites for hydroxylation is 2. The number of rotatable bonds is 1. The second kappa shape index (κ2) is 4.88. The van der Waals surface area contributed by atoms with Crippen molar-refractivity contribution in [3.63, 3.8) is 0 Å². The zero-order valence-electron chi connectivity index (χ0n) is 11.9. The second-order valence-corrected chi connectivity index (χ2v) is 6.46. The predicted octanol–water partition coefficient (Wildman–Crippen LogP) is 2.00. The fraction of sp³-hybridized carbons (Fsp3) is 0.588. The maximum absolute atomic E-state index is 12.8. The number of nitrogens with one attached hydrogen (secondary N) is 1. The number of carbonyl (C=O) groups is 1. The van der Waals surface area contributed by atoms with Gasteiger partial charge in [0.1, 0.15) is 0 Å². The number of fused-ring (bicyclic) bond motifs is 2. The van der Waals surface area contributed by atoms with Crippen molar-refractivity contribution in [3.8, 4) is 0 Å². The molecule has 1 aromatic rings. The SMILES string of the molecule is O=C(c1ccc2c(c1)CCC2)N1CCCC2CNCC21. The molecule has 106 valence electrons. The number of amides is 1. The van der Waals surface area contributed by atoms with E-state index >= 15 is 0 Å². The largest absolute Gasteiger partial charge is 0.334 e. The summed E-state index contributed by atoms with van der Waals surface area (Å²) in [6.45, 7) is 2.98. The summed E-state index contributed by atoms with van der Waals surface area (Å²) in [7, 11) is 0. The fourth-order valence-corrected chi connectivity index (χ4v) is 4.19. The van der Waals surface area contributed by atoms with Gasteiger partial charge < -0.3 is 10.2 Å². The summed E-state index contributed by atoms with van der Waals surface area (Å²) in [6.07, 6.45) is 5.99. The molecule has 0 bridgehead atoms. The smallest absolute Gasteiger partial charge is 0.254 e. The molecule has 0 spiro atoms. The van der Waals surface area contributed by atoms with E-state index in [1.54, 1.807) is 0 Å². The molecule has 1 aromatic carbocycles. The van der Waals surface area contributed by atoms with Gasteiger partial charge in [-0.3, -0.25) is 4.79 Å². The number of piperidine rings is 1. The van der Waals surface area contributed by atoms with Crippen LogP contribution in [-0.2, 0) is 12.8 Å². The Hall–Kier alpha value is -1.35. The van der Waals surface area contributed by atoms with E-state index in [1.165, 1.54) is 30.4 Å². The topological polar surface area (TPSA) is 32.3 Å². The molecule has 3 nitrogen and oxygen atoms in total. The van der Waals surface area contributed by atoms with Crippen molar-refractivity contribution in [2.75, 3.05) is 19.6 Å². The van der Waals surface area contributed by atoms with Gasteiger partial charge in [-0.1, -0.05) is 6.07 Å². The summed E-state index contributed by atoms with van der Waals surface area (Å²) >= 11 is 0. The first-order chi connectivity index (χ1) is 9.83. The molecule has 2 atom stereocenters. The van der Waals surface area contributed by atoms with Gasteiger partial charge in [0.15, 0.2) is 0 Å². The minimum Gasteiger partial charge on any atom is -0.334 e. The van der Waals surface area contributed by atoms with Crippen LogP contribution in [0.4, 0.5) is 0 Å². The van der Waals surface area contributed by atoms with E-state index in [1.807, 2.05) is 6.07 Å². The molecule has 0 aromatic heterocycles. The summed E-state index contributed by atoms with van der Waals surface area (Å²) in [5.41, 5.74) is 3.74. The van der Waals surface area contributed by atoms with Crippen LogP contribution in [0.2, 0.25) is 0 Å². The molecular weight excluding hydrogens is 248 g/mol. The van der Waals surface area contributed by atoms with Gasteiger partial charge in [-0.05, 0) is 61.3 Å². The van der Waals surface area contributed by atoms with Crippen LogP contribution in [0.25, 0.3) is 0 Å². The maximum Gasteiger partial charge on any atom is 0.254 e. The first-order valence-electron chi connectivity index (χ1n) is 7.96. The molecule has 3 heteroatoms. The molecule has 0 saturated carbocycles. The average Bonchev–Trinajstić information content (AvgIpc) is 3.13. The molecule has 0 radical (unpaired) electrons. The molecule has 20 heavy (non-hydrogen) atoms. The lowest BCUT2D eigenvalue weighted by Gasteiger charge is -2.37. The molecule has 2 saturated heterocycles. The lowest BCUT2D eigenvalue weighted by molar-refractivity contribution is 0.0574. The first kappa shape index (κ1) is 12.4. The molecule has 2 unspecified atom stereocenters. The first-order valence-corrected chi connectivity index (χ1v) is 7.96. The summed E-state index contributed by atoms with van der Waals surface area (Å²) < 4.78 is 0. The van der Waals surface area contributed by atoms with Crippen molar-refractivity contribution in [1.29, 1.82) is 0 Å². The Bertz CT molecular complexity index is 540. The van der Waals surface area contributed by atoms with Gasteiger partial charge in [-0.25, -0.2) is 0 Å². The van der Waals surface area contributed by atoms with Crippen LogP contribution in [0.5, 0.6) is 0 Å². The summed E-state index contributed by atoms with van der Waals surface area (Å²) in [4.78, 5) is 15.0. The molecule has 4 rings (SSSR count). The average molecular weight is 270 g/mol. The number of hydrogen-bond donors (Lipinski definition) is 1. The quantitative estimate of drug-likeness (QED) is 0.846. The molecule has 3 aliphatic rings. The number of carbonyl (C=O) groups excluding carboxylic acids is 1. The molecule has 1 N–H and O–H groups in total. The normalized spacial score (nSPS) is 28.3. The maximum atomic E-state index is 12.8. The van der Waals surface area contributed by atoms with Crippen molar-refractivity contribution >= 4 is 5.91 Å². The fourth-order valence-electron chi connectivity index (χ4n) is 4.19. The highest BCUT2D eigenvalue weighted by Crippen LogP contribution is 2.29. The predicted molar refractivity (Wildman–Crippen MR) is 78.9 cm³/mol. The van der Waals surface area contributed by atoms with E-state index in [0.29, 0.717) is 12.0 Å². The van der Waals surface area contributed by atoms with Crippen molar-refractivity contribution < 1.29 is 4.79 Å². The lowest BCUT2D eigenvalue weighted by Crippen LogP contribution is -2.48.